The summed E-state index contributed by atoms with van der Waals surface area (Å²) in [6.45, 7) is 2.21. The lowest BCUT2D eigenvalue weighted by Crippen LogP contribution is -2.58. The van der Waals surface area contributed by atoms with Crippen molar-refractivity contribution in [1.29, 1.82) is 0 Å². The molecule has 0 spiro atoms. The molecule has 2 amide bonds. The number of piperazine rings is 1. The lowest BCUT2D eigenvalue weighted by molar-refractivity contribution is -0.129. The van der Waals surface area contributed by atoms with Crippen molar-refractivity contribution in [1.82, 2.24) is 20.9 Å². The molecule has 146 valence electrons. The number of halogens is 1. The van der Waals surface area contributed by atoms with Crippen molar-refractivity contribution >= 4 is 23.4 Å². The largest absolute Gasteiger partial charge is 0.353 e. The molecule has 0 unspecified atom stereocenters. The molecule has 27 heavy (non-hydrogen) atoms. The Morgan fingerprint density at radius 3 is 2.93 bits per heavy atom. The van der Waals surface area contributed by atoms with Gasteiger partial charge in [0.2, 0.25) is 11.8 Å². The summed E-state index contributed by atoms with van der Waals surface area (Å²) >= 11 is 6.05. The molecule has 4 rings (SSSR count). The number of nitrogens with zero attached hydrogens (tertiary/aromatic N) is 1. The van der Waals surface area contributed by atoms with E-state index in [4.69, 9.17) is 11.6 Å². The maximum Gasteiger partial charge on any atom is 0.237 e. The minimum atomic E-state index is -0.0906. The average Bonchev–Trinajstić information content (AvgIpc) is 3.34. The van der Waals surface area contributed by atoms with Crippen molar-refractivity contribution in [2.75, 3.05) is 13.1 Å². The molecule has 3 N–H and O–H groups in total. The molecule has 0 aromatic heterocycles. The van der Waals surface area contributed by atoms with Gasteiger partial charge in [-0.15, -0.1) is 0 Å². The quantitative estimate of drug-likeness (QED) is 0.658. The first kappa shape index (κ1) is 18.7. The number of hydrogen-bond acceptors (Lipinski definition) is 4. The van der Waals surface area contributed by atoms with Crippen molar-refractivity contribution in [3.63, 3.8) is 0 Å². The van der Waals surface area contributed by atoms with Gasteiger partial charge < -0.3 is 16.0 Å². The second-order valence-electron chi connectivity index (χ2n) is 7.94. The highest BCUT2D eigenvalue weighted by Crippen LogP contribution is 2.26. The minimum Gasteiger partial charge on any atom is -0.353 e. The first-order valence-corrected chi connectivity index (χ1v) is 10.3. The van der Waals surface area contributed by atoms with Crippen molar-refractivity contribution < 1.29 is 9.59 Å². The SMILES string of the molecule is O=C(CC[C@@H]1CNC(=O)[C@H]2C[C@@H](NCc3cccc(Cl)c3)CN12)NC1CC1. The monoisotopic (exact) mass is 390 g/mol. The second-order valence-corrected chi connectivity index (χ2v) is 8.37. The van der Waals surface area contributed by atoms with Gasteiger partial charge >= 0.3 is 0 Å². The molecule has 2 aliphatic heterocycles. The molecule has 2 heterocycles. The van der Waals surface area contributed by atoms with E-state index in [0.717, 1.165) is 49.4 Å². The molecule has 1 aliphatic carbocycles. The molecule has 3 atom stereocenters. The third-order valence-corrected chi connectivity index (χ3v) is 5.99. The Labute approximate surface area is 165 Å². The Hall–Kier alpha value is -1.63. The topological polar surface area (TPSA) is 73.5 Å². The van der Waals surface area contributed by atoms with Gasteiger partial charge in [-0.05, 0) is 43.4 Å². The van der Waals surface area contributed by atoms with E-state index in [1.54, 1.807) is 0 Å². The summed E-state index contributed by atoms with van der Waals surface area (Å²) in [6.07, 6.45) is 4.34. The lowest BCUT2D eigenvalue weighted by Gasteiger charge is -2.37. The maximum atomic E-state index is 12.3. The Morgan fingerprint density at radius 1 is 1.30 bits per heavy atom. The van der Waals surface area contributed by atoms with E-state index in [0.29, 0.717) is 19.0 Å². The Bertz CT molecular complexity index is 709. The summed E-state index contributed by atoms with van der Waals surface area (Å²) in [5.74, 6) is 0.251. The molecular weight excluding hydrogens is 364 g/mol. The molecule has 0 bridgehead atoms. The number of carbonyl (C=O) groups is 2. The molecule has 1 aromatic rings. The Kier molecular flexibility index (Phi) is 5.66. The van der Waals surface area contributed by atoms with Gasteiger partial charge in [0.15, 0.2) is 0 Å². The van der Waals surface area contributed by atoms with Crippen molar-refractivity contribution in [3.05, 3.63) is 34.9 Å². The van der Waals surface area contributed by atoms with Crippen LogP contribution in [0.3, 0.4) is 0 Å². The summed E-state index contributed by atoms with van der Waals surface area (Å²) < 4.78 is 0. The van der Waals surface area contributed by atoms with Crippen LogP contribution in [0.15, 0.2) is 24.3 Å². The van der Waals surface area contributed by atoms with Gasteiger partial charge in [-0.2, -0.15) is 0 Å². The van der Waals surface area contributed by atoms with Crippen LogP contribution < -0.4 is 16.0 Å². The first-order chi connectivity index (χ1) is 13.1. The molecule has 7 heteroatoms. The van der Waals surface area contributed by atoms with Crippen LogP contribution in [0, 0.1) is 0 Å². The standard InChI is InChI=1S/C20H27ClN4O2/c21-14-3-1-2-13(8-14)10-22-16-9-18-20(27)23-11-17(25(18)12-16)6-7-19(26)24-15-4-5-15/h1-3,8,15-18,22H,4-7,9-12H2,(H,23,27)(H,24,26)/t16-,17-,18-/m1/s1. The molecule has 1 aromatic carbocycles. The molecule has 3 fully saturated rings. The third kappa shape index (κ3) is 4.81. The first-order valence-electron chi connectivity index (χ1n) is 9.89. The number of amides is 2. The van der Waals surface area contributed by atoms with Crippen LogP contribution in [0.25, 0.3) is 0 Å². The van der Waals surface area contributed by atoms with Crippen LogP contribution >= 0.6 is 11.6 Å². The van der Waals surface area contributed by atoms with Gasteiger partial charge in [0.1, 0.15) is 0 Å². The predicted octanol–water partition coefficient (Wildman–Crippen LogP) is 1.43. The number of carbonyl (C=O) groups excluding carboxylic acids is 2. The van der Waals surface area contributed by atoms with Crippen LogP contribution in [0.4, 0.5) is 0 Å². The average molecular weight is 391 g/mol. The number of hydrogen-bond donors (Lipinski definition) is 3. The fourth-order valence-electron chi connectivity index (χ4n) is 4.13. The van der Waals surface area contributed by atoms with Crippen LogP contribution in [-0.4, -0.2) is 54.0 Å². The van der Waals surface area contributed by atoms with Gasteiger partial charge in [-0.1, -0.05) is 23.7 Å². The molecule has 0 radical (unpaired) electrons. The summed E-state index contributed by atoms with van der Waals surface area (Å²) in [7, 11) is 0. The number of nitrogens with one attached hydrogen (secondary N) is 3. The highest BCUT2D eigenvalue weighted by molar-refractivity contribution is 6.30. The summed E-state index contributed by atoms with van der Waals surface area (Å²) in [4.78, 5) is 26.6. The van der Waals surface area contributed by atoms with Crippen LogP contribution in [0.2, 0.25) is 5.02 Å². The maximum absolute atomic E-state index is 12.3. The van der Waals surface area contributed by atoms with E-state index in [1.807, 2.05) is 18.2 Å². The van der Waals surface area contributed by atoms with Crippen LogP contribution in [0.5, 0.6) is 0 Å². The predicted molar refractivity (Wildman–Crippen MR) is 104 cm³/mol. The van der Waals surface area contributed by atoms with E-state index in [2.05, 4.69) is 26.9 Å². The van der Waals surface area contributed by atoms with Gasteiger partial charge in [0.05, 0.1) is 6.04 Å². The molecule has 6 nitrogen and oxygen atoms in total. The zero-order valence-corrected chi connectivity index (χ0v) is 16.2. The normalized spacial score (nSPS) is 27.9. The molecular formula is C20H27ClN4O2. The molecule has 1 saturated carbocycles. The van der Waals surface area contributed by atoms with Crippen molar-refractivity contribution in [2.24, 2.45) is 0 Å². The van der Waals surface area contributed by atoms with E-state index < -0.39 is 0 Å². The molecule has 3 aliphatic rings. The molecule has 2 saturated heterocycles. The Morgan fingerprint density at radius 2 is 2.15 bits per heavy atom. The van der Waals surface area contributed by atoms with Crippen molar-refractivity contribution in [3.8, 4) is 0 Å². The summed E-state index contributed by atoms with van der Waals surface area (Å²) in [5, 5.41) is 10.4. The van der Waals surface area contributed by atoms with Crippen molar-refractivity contribution in [2.45, 2.75) is 62.8 Å². The minimum absolute atomic E-state index is 0.0906. The highest BCUT2D eigenvalue weighted by atomic mass is 35.5. The zero-order valence-electron chi connectivity index (χ0n) is 15.4. The smallest absolute Gasteiger partial charge is 0.237 e. The van der Waals surface area contributed by atoms with Gasteiger partial charge in [-0.25, -0.2) is 0 Å². The zero-order chi connectivity index (χ0) is 18.8. The van der Waals surface area contributed by atoms with E-state index in [9.17, 15) is 9.59 Å². The Balaban J connectivity index is 1.30. The van der Waals surface area contributed by atoms with Gasteiger partial charge in [0.25, 0.3) is 0 Å². The van der Waals surface area contributed by atoms with Crippen LogP contribution in [-0.2, 0) is 16.1 Å². The van der Waals surface area contributed by atoms with E-state index >= 15 is 0 Å². The summed E-state index contributed by atoms with van der Waals surface area (Å²) in [5.41, 5.74) is 1.14. The fraction of sp³-hybridized carbons (Fsp3) is 0.600. The lowest BCUT2D eigenvalue weighted by atomic mass is 10.0. The fourth-order valence-corrected chi connectivity index (χ4v) is 4.34. The number of fused-ring (bicyclic) bond motifs is 1. The number of rotatable bonds is 7. The van der Waals surface area contributed by atoms with Gasteiger partial charge in [-0.3, -0.25) is 14.5 Å². The van der Waals surface area contributed by atoms with Gasteiger partial charge in [0, 0.05) is 49.2 Å². The number of benzene rings is 1. The second kappa shape index (κ2) is 8.17. The highest BCUT2D eigenvalue weighted by Gasteiger charge is 2.43. The van der Waals surface area contributed by atoms with E-state index in [1.165, 1.54) is 0 Å². The van der Waals surface area contributed by atoms with Crippen LogP contribution in [0.1, 0.15) is 37.7 Å². The summed E-state index contributed by atoms with van der Waals surface area (Å²) in [6, 6.07) is 8.65. The van der Waals surface area contributed by atoms with E-state index in [-0.39, 0.29) is 29.9 Å². The third-order valence-electron chi connectivity index (χ3n) is 5.75.